The number of phosphoric ester groups is 1. The van der Waals surface area contributed by atoms with E-state index in [2.05, 4.69) is 31.2 Å². The summed E-state index contributed by atoms with van der Waals surface area (Å²) in [7, 11) is 1.47. The molecule has 2 atom stereocenters. The van der Waals surface area contributed by atoms with Crippen LogP contribution in [0.25, 0.3) is 0 Å². The van der Waals surface area contributed by atoms with E-state index in [1.807, 2.05) is 28.1 Å². The maximum absolute atomic E-state index is 12.5. The fraction of sp³-hybridized carbons (Fsp3) is 0.833. The van der Waals surface area contributed by atoms with E-state index < -0.39 is 32.5 Å². The topological polar surface area (TPSA) is 108 Å². The molecule has 0 aliphatic rings. The van der Waals surface area contributed by atoms with Crippen LogP contribution in [0.3, 0.4) is 0 Å². The molecule has 1 N–H and O–H groups in total. The lowest BCUT2D eigenvalue weighted by molar-refractivity contribution is -0.870. The third-order valence-electron chi connectivity index (χ3n) is 7.48. The van der Waals surface area contributed by atoms with Gasteiger partial charge in [0, 0.05) is 12.8 Å². The van der Waals surface area contributed by atoms with Crippen LogP contribution in [0, 0.1) is 0 Å². The minimum atomic E-state index is -4.35. The molecule has 0 radical (unpaired) electrons. The van der Waals surface area contributed by atoms with Gasteiger partial charge in [-0.1, -0.05) is 109 Å². The van der Waals surface area contributed by atoms with Gasteiger partial charge >= 0.3 is 19.8 Å². The predicted octanol–water partition coefficient (Wildman–Crippen LogP) is 9.24. The predicted molar refractivity (Wildman–Crippen MR) is 187 cm³/mol. The zero-order chi connectivity index (χ0) is 34.4. The van der Waals surface area contributed by atoms with Crippen LogP contribution in [0.5, 0.6) is 0 Å². The summed E-state index contributed by atoms with van der Waals surface area (Å²) in [5.74, 6) is -0.833. The number of carbonyl (C=O) groups excluding carboxylic acids is 2. The van der Waals surface area contributed by atoms with Gasteiger partial charge in [0.1, 0.15) is 19.8 Å². The summed E-state index contributed by atoms with van der Waals surface area (Å²) in [4.78, 5) is 34.6. The fourth-order valence-corrected chi connectivity index (χ4v) is 5.31. The third kappa shape index (κ3) is 32.4. The number of ether oxygens (including phenoxy) is 2. The number of unbranched alkanes of at least 4 members (excludes halogenated alkanes) is 14. The molecule has 0 heterocycles. The summed E-state index contributed by atoms with van der Waals surface area (Å²) in [5.41, 5.74) is 0. The molecule has 0 fully saturated rings. The maximum atomic E-state index is 12.5. The minimum absolute atomic E-state index is 0.0311. The van der Waals surface area contributed by atoms with Crippen LogP contribution in [0.1, 0.15) is 142 Å². The van der Waals surface area contributed by atoms with Crippen molar-refractivity contribution in [3.63, 3.8) is 0 Å². The van der Waals surface area contributed by atoms with E-state index in [-0.39, 0.29) is 26.1 Å². The summed E-state index contributed by atoms with van der Waals surface area (Å²) >= 11 is 0. The van der Waals surface area contributed by atoms with Crippen molar-refractivity contribution in [2.75, 3.05) is 47.5 Å². The van der Waals surface area contributed by atoms with E-state index in [9.17, 15) is 19.0 Å². The van der Waals surface area contributed by atoms with Gasteiger partial charge in [0.15, 0.2) is 6.10 Å². The van der Waals surface area contributed by atoms with E-state index in [0.29, 0.717) is 17.4 Å². The van der Waals surface area contributed by atoms with Crippen molar-refractivity contribution in [3.05, 3.63) is 24.3 Å². The monoisotopic (exact) mass is 674 g/mol. The van der Waals surface area contributed by atoms with Gasteiger partial charge < -0.3 is 18.9 Å². The number of esters is 2. The summed E-state index contributed by atoms with van der Waals surface area (Å²) in [6.07, 6.45) is 28.8. The van der Waals surface area contributed by atoms with Crippen molar-refractivity contribution in [1.29, 1.82) is 0 Å². The minimum Gasteiger partial charge on any atom is -0.462 e. The Balaban J connectivity index is 4.18. The van der Waals surface area contributed by atoms with Gasteiger partial charge in [0.2, 0.25) is 0 Å². The molecule has 0 amide bonds. The van der Waals surface area contributed by atoms with E-state index >= 15 is 0 Å². The van der Waals surface area contributed by atoms with Crippen LogP contribution < -0.4 is 0 Å². The Morgan fingerprint density at radius 2 is 1.17 bits per heavy atom. The van der Waals surface area contributed by atoms with Crippen molar-refractivity contribution in [2.24, 2.45) is 0 Å². The molecule has 0 aliphatic heterocycles. The summed E-state index contributed by atoms with van der Waals surface area (Å²) in [6.45, 7) is 4.19. The molecule has 0 saturated carbocycles. The molecule has 9 nitrogen and oxygen atoms in total. The number of carbonyl (C=O) groups is 2. The van der Waals surface area contributed by atoms with Crippen molar-refractivity contribution >= 4 is 19.8 Å². The van der Waals surface area contributed by atoms with E-state index in [1.54, 1.807) is 0 Å². The van der Waals surface area contributed by atoms with Crippen LogP contribution in [0.4, 0.5) is 0 Å². The highest BCUT2D eigenvalue weighted by atomic mass is 31.2. The summed E-state index contributed by atoms with van der Waals surface area (Å²) in [6, 6.07) is 0. The number of nitrogens with zero attached hydrogens (tertiary/aromatic N) is 1. The Kier molecular flexibility index (Phi) is 28.6. The van der Waals surface area contributed by atoms with E-state index in [4.69, 9.17) is 18.5 Å². The normalized spacial score (nSPS) is 14.1. The van der Waals surface area contributed by atoms with Gasteiger partial charge in [-0.25, -0.2) is 4.57 Å². The van der Waals surface area contributed by atoms with Crippen molar-refractivity contribution in [3.8, 4) is 0 Å². The lowest BCUT2D eigenvalue weighted by Gasteiger charge is -2.24. The Hall–Kier alpha value is -1.51. The molecule has 46 heavy (non-hydrogen) atoms. The zero-order valence-corrected chi connectivity index (χ0v) is 31.0. The second kappa shape index (κ2) is 29.6. The zero-order valence-electron chi connectivity index (χ0n) is 30.1. The number of quaternary nitrogens is 1. The molecular weight excluding hydrogens is 605 g/mol. The van der Waals surface area contributed by atoms with Gasteiger partial charge in [-0.15, -0.1) is 0 Å². The average Bonchev–Trinajstić information content (AvgIpc) is 2.99. The fourth-order valence-electron chi connectivity index (χ4n) is 4.57. The van der Waals surface area contributed by atoms with Crippen LogP contribution in [-0.2, 0) is 32.7 Å². The number of allylic oxidation sites excluding steroid dienone is 4. The first-order chi connectivity index (χ1) is 22.0. The van der Waals surface area contributed by atoms with Crippen molar-refractivity contribution in [2.45, 2.75) is 148 Å². The lowest BCUT2D eigenvalue weighted by atomic mass is 10.1. The van der Waals surface area contributed by atoms with Gasteiger partial charge in [-0.2, -0.15) is 0 Å². The quantitative estimate of drug-likeness (QED) is 0.0247. The summed E-state index contributed by atoms with van der Waals surface area (Å²) in [5, 5.41) is 0. The molecule has 0 rings (SSSR count). The first-order valence-corrected chi connectivity index (χ1v) is 19.6. The Labute approximate surface area is 281 Å². The number of likely N-dealkylation sites (N-methyl/N-ethyl adjacent to an activating group) is 1. The highest BCUT2D eigenvalue weighted by Crippen LogP contribution is 2.43. The molecular formula is C36H69NO8P+. The molecule has 0 aromatic heterocycles. The molecule has 270 valence electrons. The van der Waals surface area contributed by atoms with Gasteiger partial charge in [-0.05, 0) is 44.9 Å². The Morgan fingerprint density at radius 3 is 1.76 bits per heavy atom. The SMILES string of the molecule is CCCCC/C=C\C/C=C\CCCCCCCCCCCC(=O)OC(COC(=O)CCCCC)COP(=O)(O)OCC[N+](C)(C)C. The lowest BCUT2D eigenvalue weighted by Crippen LogP contribution is -2.37. The molecule has 0 aromatic carbocycles. The summed E-state index contributed by atoms with van der Waals surface area (Å²) < 4.78 is 33.8. The number of hydrogen-bond acceptors (Lipinski definition) is 7. The van der Waals surface area contributed by atoms with E-state index in [1.165, 1.54) is 57.8 Å². The van der Waals surface area contributed by atoms with Crippen molar-refractivity contribution < 1.29 is 42.1 Å². The van der Waals surface area contributed by atoms with Crippen LogP contribution in [-0.4, -0.2) is 74.9 Å². The molecule has 0 bridgehead atoms. The van der Waals surface area contributed by atoms with Crippen molar-refractivity contribution in [1.82, 2.24) is 0 Å². The standard InChI is InChI=1S/C36H68NO8P/c1-6-8-10-11-12-13-14-15-16-17-18-19-20-21-22-23-24-25-27-29-36(39)45-34(32-42-35(38)28-26-9-7-2)33-44-46(40,41)43-31-30-37(3,4)5/h12-13,15-16,34H,6-11,14,17-33H2,1-5H3/p+1/b13-12-,16-15-. The highest BCUT2D eigenvalue weighted by Gasteiger charge is 2.27. The smallest absolute Gasteiger partial charge is 0.462 e. The van der Waals surface area contributed by atoms with Crippen LogP contribution in [0.2, 0.25) is 0 Å². The number of hydrogen-bond donors (Lipinski definition) is 1. The maximum Gasteiger partial charge on any atom is 0.472 e. The number of rotatable bonds is 32. The second-order valence-corrected chi connectivity index (χ2v) is 14.7. The van der Waals surface area contributed by atoms with Crippen LogP contribution in [0.15, 0.2) is 24.3 Å². The van der Waals surface area contributed by atoms with Gasteiger partial charge in [-0.3, -0.25) is 18.6 Å². The largest absolute Gasteiger partial charge is 0.472 e. The Morgan fingerprint density at radius 1 is 0.674 bits per heavy atom. The van der Waals surface area contributed by atoms with E-state index in [0.717, 1.165) is 51.4 Å². The molecule has 10 heteroatoms. The molecule has 0 spiro atoms. The molecule has 0 aliphatic carbocycles. The van der Waals surface area contributed by atoms with Crippen LogP contribution >= 0.6 is 7.82 Å². The third-order valence-corrected chi connectivity index (χ3v) is 8.47. The first-order valence-electron chi connectivity index (χ1n) is 18.1. The number of phosphoric acid groups is 1. The van der Waals surface area contributed by atoms with Gasteiger partial charge in [0.05, 0.1) is 27.7 Å². The highest BCUT2D eigenvalue weighted by molar-refractivity contribution is 7.47. The Bertz CT molecular complexity index is 855. The second-order valence-electron chi connectivity index (χ2n) is 13.3. The first kappa shape index (κ1) is 44.5. The van der Waals surface area contributed by atoms with Gasteiger partial charge in [0.25, 0.3) is 0 Å². The molecule has 2 unspecified atom stereocenters. The molecule has 0 saturated heterocycles. The average molecular weight is 675 g/mol. The molecule has 0 aromatic rings.